The highest BCUT2D eigenvalue weighted by atomic mass is 32.2. The van der Waals surface area contributed by atoms with Gasteiger partial charge in [0.2, 0.25) is 5.91 Å². The van der Waals surface area contributed by atoms with Crippen molar-refractivity contribution in [1.82, 2.24) is 14.8 Å². The van der Waals surface area contributed by atoms with Crippen molar-refractivity contribution >= 4 is 57.9 Å². The predicted octanol–water partition coefficient (Wildman–Crippen LogP) is 3.81. The number of carbonyl (C=O) groups excluding carboxylic acids is 2. The van der Waals surface area contributed by atoms with Crippen LogP contribution >= 0.6 is 46.2 Å². The third kappa shape index (κ3) is 5.47. The lowest BCUT2D eigenvalue weighted by atomic mass is 10.2. The second kappa shape index (κ2) is 9.73. The normalized spacial score (nSPS) is 11.1. The van der Waals surface area contributed by atoms with Crippen LogP contribution in [0.3, 0.4) is 0 Å². The van der Waals surface area contributed by atoms with Crippen LogP contribution in [-0.2, 0) is 17.8 Å². The molecule has 0 aromatic carbocycles. The van der Waals surface area contributed by atoms with E-state index in [1.165, 1.54) is 39.7 Å². The first-order valence-corrected chi connectivity index (χ1v) is 12.2. The smallest absolute Gasteiger partial charge is 0.227 e. The van der Waals surface area contributed by atoms with Gasteiger partial charge in [-0.2, -0.15) is 0 Å². The number of rotatable bonds is 10. The number of thiophene rings is 1. The summed E-state index contributed by atoms with van der Waals surface area (Å²) in [6.07, 6.45) is 0.965. The second-order valence-corrected chi connectivity index (χ2v) is 10.5. The minimum Gasteiger partial charge on any atom is -0.369 e. The lowest BCUT2D eigenvalue weighted by Gasteiger charge is -2.09. The summed E-state index contributed by atoms with van der Waals surface area (Å²) in [4.78, 5) is 24.9. The van der Waals surface area contributed by atoms with Crippen molar-refractivity contribution in [2.75, 3.05) is 11.5 Å². The predicted molar refractivity (Wildman–Crippen MR) is 117 cm³/mol. The standard InChI is InChI=1S/C18H20N4O2S4/c1-11-8-14(12(2)22(11)6-5-13-4-3-7-25-13)15(23)9-26-17-20-21-18(28-17)27-10-16(19)24/h3-4,7-8H,5-6,9-10H2,1-2H3,(H2,19,24). The van der Waals surface area contributed by atoms with Gasteiger partial charge in [0.1, 0.15) is 0 Å². The zero-order valence-corrected chi connectivity index (χ0v) is 18.8. The molecule has 2 N–H and O–H groups in total. The van der Waals surface area contributed by atoms with Crippen LogP contribution in [-0.4, -0.2) is 38.0 Å². The average molecular weight is 453 g/mol. The minimum absolute atomic E-state index is 0.0852. The van der Waals surface area contributed by atoms with Gasteiger partial charge in [0, 0.05) is 28.4 Å². The lowest BCUT2D eigenvalue weighted by Crippen LogP contribution is -2.12. The van der Waals surface area contributed by atoms with Gasteiger partial charge in [-0.25, -0.2) is 0 Å². The van der Waals surface area contributed by atoms with Gasteiger partial charge in [-0.15, -0.1) is 21.5 Å². The Balaban J connectivity index is 1.58. The number of nitrogens with two attached hydrogens (primary N) is 1. The zero-order valence-electron chi connectivity index (χ0n) is 15.5. The van der Waals surface area contributed by atoms with Crippen LogP contribution in [0.25, 0.3) is 0 Å². The van der Waals surface area contributed by atoms with Crippen LogP contribution in [0.2, 0.25) is 0 Å². The van der Waals surface area contributed by atoms with Crippen molar-refractivity contribution in [1.29, 1.82) is 0 Å². The monoisotopic (exact) mass is 452 g/mol. The number of Topliss-reactive ketones (excluding diaryl/α,β-unsaturated/α-hetero) is 1. The SMILES string of the molecule is Cc1cc(C(=O)CSc2nnc(SCC(N)=O)s2)c(C)n1CCc1cccs1. The molecule has 148 valence electrons. The summed E-state index contributed by atoms with van der Waals surface area (Å²) in [5, 5.41) is 10.2. The van der Waals surface area contributed by atoms with Crippen molar-refractivity contribution < 1.29 is 9.59 Å². The summed E-state index contributed by atoms with van der Waals surface area (Å²) < 4.78 is 3.61. The summed E-state index contributed by atoms with van der Waals surface area (Å²) in [5.74, 6) is 0.182. The quantitative estimate of drug-likeness (QED) is 0.371. The van der Waals surface area contributed by atoms with Crippen LogP contribution in [0.4, 0.5) is 0 Å². The van der Waals surface area contributed by atoms with Gasteiger partial charge in [0.15, 0.2) is 14.5 Å². The number of primary amides is 1. The highest BCUT2D eigenvalue weighted by molar-refractivity contribution is 8.03. The molecular formula is C18H20N4O2S4. The Morgan fingerprint density at radius 2 is 1.89 bits per heavy atom. The first-order chi connectivity index (χ1) is 13.4. The maximum atomic E-state index is 12.7. The number of hydrogen-bond donors (Lipinski definition) is 1. The number of hydrogen-bond acceptors (Lipinski definition) is 8. The number of amides is 1. The molecule has 0 aliphatic rings. The van der Waals surface area contributed by atoms with E-state index in [4.69, 9.17) is 5.73 Å². The number of ketones is 1. The largest absolute Gasteiger partial charge is 0.369 e. The topological polar surface area (TPSA) is 90.9 Å². The maximum Gasteiger partial charge on any atom is 0.227 e. The Labute approximate surface area is 179 Å². The van der Waals surface area contributed by atoms with Crippen LogP contribution in [0.15, 0.2) is 32.3 Å². The number of nitrogens with zero attached hydrogens (tertiary/aromatic N) is 3. The molecule has 0 aliphatic carbocycles. The molecule has 3 aromatic rings. The van der Waals surface area contributed by atoms with E-state index in [1.54, 1.807) is 11.3 Å². The minimum atomic E-state index is -0.390. The van der Waals surface area contributed by atoms with E-state index >= 15 is 0 Å². The van der Waals surface area contributed by atoms with Gasteiger partial charge in [0.25, 0.3) is 0 Å². The Morgan fingerprint density at radius 1 is 1.18 bits per heavy atom. The van der Waals surface area contributed by atoms with E-state index in [-0.39, 0.29) is 17.4 Å². The number of aryl methyl sites for hydroxylation is 2. The number of carbonyl (C=O) groups is 2. The summed E-state index contributed by atoms with van der Waals surface area (Å²) in [6, 6.07) is 6.17. The first kappa shape index (κ1) is 21.1. The lowest BCUT2D eigenvalue weighted by molar-refractivity contribution is -0.115. The molecule has 1 amide bonds. The molecule has 28 heavy (non-hydrogen) atoms. The fourth-order valence-corrected chi connectivity index (χ4v) is 6.10. The molecule has 0 atom stereocenters. The second-order valence-electron chi connectivity index (χ2n) is 6.07. The van der Waals surface area contributed by atoms with Crippen LogP contribution in [0.1, 0.15) is 26.6 Å². The Bertz CT molecular complexity index is 963. The van der Waals surface area contributed by atoms with E-state index in [9.17, 15) is 9.59 Å². The fourth-order valence-electron chi connectivity index (χ4n) is 2.76. The molecule has 3 heterocycles. The Morgan fingerprint density at radius 3 is 2.54 bits per heavy atom. The van der Waals surface area contributed by atoms with E-state index < -0.39 is 0 Å². The molecule has 0 saturated carbocycles. The van der Waals surface area contributed by atoms with E-state index in [0.717, 1.165) is 29.9 Å². The van der Waals surface area contributed by atoms with E-state index in [2.05, 4.69) is 32.3 Å². The molecule has 0 radical (unpaired) electrons. The fraction of sp³-hybridized carbons (Fsp3) is 0.333. The maximum absolute atomic E-state index is 12.7. The van der Waals surface area contributed by atoms with Gasteiger partial charge < -0.3 is 10.3 Å². The van der Waals surface area contributed by atoms with Gasteiger partial charge >= 0.3 is 0 Å². The van der Waals surface area contributed by atoms with Crippen molar-refractivity contribution in [3.05, 3.63) is 45.4 Å². The summed E-state index contributed by atoms with van der Waals surface area (Å²) in [6.45, 7) is 4.91. The Kier molecular flexibility index (Phi) is 7.33. The van der Waals surface area contributed by atoms with Gasteiger partial charge in [-0.1, -0.05) is 40.9 Å². The molecule has 6 nitrogen and oxygen atoms in total. The molecule has 3 rings (SSSR count). The van der Waals surface area contributed by atoms with Gasteiger partial charge in [0.05, 0.1) is 11.5 Å². The van der Waals surface area contributed by atoms with Crippen LogP contribution < -0.4 is 5.73 Å². The van der Waals surface area contributed by atoms with Crippen molar-refractivity contribution in [2.45, 2.75) is 35.5 Å². The third-order valence-electron chi connectivity index (χ3n) is 4.09. The summed E-state index contributed by atoms with van der Waals surface area (Å²) >= 11 is 5.76. The van der Waals surface area contributed by atoms with Gasteiger partial charge in [-0.05, 0) is 37.8 Å². The van der Waals surface area contributed by atoms with Crippen molar-refractivity contribution in [3.8, 4) is 0 Å². The Hall–Kier alpha value is -1.62. The molecule has 0 saturated heterocycles. The summed E-state index contributed by atoms with van der Waals surface area (Å²) in [5.41, 5.74) is 8.01. The van der Waals surface area contributed by atoms with E-state index in [0.29, 0.717) is 14.4 Å². The molecule has 0 fully saturated rings. The van der Waals surface area contributed by atoms with Gasteiger partial charge in [-0.3, -0.25) is 9.59 Å². The summed E-state index contributed by atoms with van der Waals surface area (Å²) in [7, 11) is 0. The molecule has 0 unspecified atom stereocenters. The average Bonchev–Trinajstić information content (AvgIpc) is 3.38. The molecular weight excluding hydrogens is 432 g/mol. The zero-order chi connectivity index (χ0) is 20.1. The molecule has 10 heteroatoms. The van der Waals surface area contributed by atoms with Crippen LogP contribution in [0, 0.1) is 13.8 Å². The highest BCUT2D eigenvalue weighted by Crippen LogP contribution is 2.29. The number of thioether (sulfide) groups is 2. The molecule has 0 aliphatic heterocycles. The van der Waals surface area contributed by atoms with E-state index in [1.807, 2.05) is 19.9 Å². The number of aromatic nitrogens is 3. The highest BCUT2D eigenvalue weighted by Gasteiger charge is 2.17. The third-order valence-corrected chi connectivity index (χ3v) is 8.24. The van der Waals surface area contributed by atoms with Crippen molar-refractivity contribution in [3.63, 3.8) is 0 Å². The molecule has 0 bridgehead atoms. The molecule has 3 aromatic heterocycles. The van der Waals surface area contributed by atoms with Crippen LogP contribution in [0.5, 0.6) is 0 Å². The van der Waals surface area contributed by atoms with Crippen molar-refractivity contribution in [2.24, 2.45) is 5.73 Å². The first-order valence-electron chi connectivity index (χ1n) is 8.53. The molecule has 0 spiro atoms.